The summed E-state index contributed by atoms with van der Waals surface area (Å²) in [5.74, 6) is -0.561. The van der Waals surface area contributed by atoms with Gasteiger partial charge in [-0.25, -0.2) is 4.39 Å². The van der Waals surface area contributed by atoms with Gasteiger partial charge >= 0.3 is 0 Å². The highest BCUT2D eigenvalue weighted by molar-refractivity contribution is 14.1. The Labute approximate surface area is 142 Å². The summed E-state index contributed by atoms with van der Waals surface area (Å²) >= 11 is 2.15. The van der Waals surface area contributed by atoms with Gasteiger partial charge in [-0.15, -0.1) is 0 Å². The van der Waals surface area contributed by atoms with E-state index in [1.54, 1.807) is 12.1 Å². The standard InChI is InChI=1S/C15H14FIO4S/c16-13-6-2-1-5-12(13)15-11(10-21-9-8-17)4-3-7-14(15)22(18,19)20/h1-7H,8-10H2,(H,18,19,20). The van der Waals surface area contributed by atoms with E-state index in [4.69, 9.17) is 4.74 Å². The molecule has 0 aliphatic rings. The molecule has 7 heteroatoms. The molecule has 0 amide bonds. The van der Waals surface area contributed by atoms with Gasteiger partial charge in [0, 0.05) is 15.6 Å². The van der Waals surface area contributed by atoms with Crippen LogP contribution in [0.15, 0.2) is 47.4 Å². The van der Waals surface area contributed by atoms with Crippen molar-refractivity contribution in [3.63, 3.8) is 0 Å². The molecule has 2 aromatic rings. The number of ether oxygens (including phenoxy) is 1. The second-order valence-electron chi connectivity index (χ2n) is 4.49. The molecule has 118 valence electrons. The Kier molecular flexibility index (Phi) is 5.90. The van der Waals surface area contributed by atoms with Gasteiger partial charge in [0.15, 0.2) is 0 Å². The van der Waals surface area contributed by atoms with Gasteiger partial charge in [0.25, 0.3) is 10.1 Å². The van der Waals surface area contributed by atoms with E-state index in [1.165, 1.54) is 30.3 Å². The van der Waals surface area contributed by atoms with Gasteiger partial charge < -0.3 is 4.74 Å². The van der Waals surface area contributed by atoms with Crippen molar-refractivity contribution in [2.75, 3.05) is 11.0 Å². The molecule has 0 atom stereocenters. The second kappa shape index (κ2) is 7.49. The summed E-state index contributed by atoms with van der Waals surface area (Å²) in [6, 6.07) is 10.2. The van der Waals surface area contributed by atoms with E-state index in [0.29, 0.717) is 12.2 Å². The maximum absolute atomic E-state index is 14.1. The van der Waals surface area contributed by atoms with Crippen molar-refractivity contribution in [3.8, 4) is 11.1 Å². The Morgan fingerprint density at radius 3 is 2.50 bits per heavy atom. The molecule has 1 N–H and O–H groups in total. The summed E-state index contributed by atoms with van der Waals surface area (Å²) in [7, 11) is -4.48. The molecule has 0 radical (unpaired) electrons. The lowest BCUT2D eigenvalue weighted by molar-refractivity contribution is 0.138. The minimum Gasteiger partial charge on any atom is -0.376 e. The van der Waals surface area contributed by atoms with Gasteiger partial charge in [0.05, 0.1) is 13.2 Å². The molecule has 2 rings (SSSR count). The Morgan fingerprint density at radius 2 is 1.86 bits per heavy atom. The zero-order chi connectivity index (χ0) is 16.2. The highest BCUT2D eigenvalue weighted by Crippen LogP contribution is 2.33. The van der Waals surface area contributed by atoms with Crippen LogP contribution in [0, 0.1) is 5.82 Å². The fourth-order valence-electron chi connectivity index (χ4n) is 2.12. The van der Waals surface area contributed by atoms with Crippen molar-refractivity contribution in [2.45, 2.75) is 11.5 Å². The van der Waals surface area contributed by atoms with E-state index >= 15 is 0 Å². The molecule has 0 saturated carbocycles. The molecule has 4 nitrogen and oxygen atoms in total. The van der Waals surface area contributed by atoms with Crippen LogP contribution in [-0.4, -0.2) is 24.0 Å². The lowest BCUT2D eigenvalue weighted by Crippen LogP contribution is -2.06. The summed E-state index contributed by atoms with van der Waals surface area (Å²) in [5, 5.41) is 0. The van der Waals surface area contributed by atoms with Crippen LogP contribution in [0.1, 0.15) is 5.56 Å². The third-order valence-electron chi connectivity index (χ3n) is 3.01. The Bertz CT molecular complexity index is 762. The average molecular weight is 436 g/mol. The molecule has 0 aromatic heterocycles. The molecule has 0 unspecified atom stereocenters. The fraction of sp³-hybridized carbons (Fsp3) is 0.200. The van der Waals surface area contributed by atoms with Crippen LogP contribution in [0.25, 0.3) is 11.1 Å². The zero-order valence-corrected chi connectivity index (χ0v) is 14.5. The van der Waals surface area contributed by atoms with Gasteiger partial charge in [-0.1, -0.05) is 52.9 Å². The maximum atomic E-state index is 14.1. The van der Waals surface area contributed by atoms with E-state index in [-0.39, 0.29) is 22.6 Å². The third-order valence-corrected chi connectivity index (χ3v) is 4.35. The normalized spacial score (nSPS) is 11.6. The van der Waals surface area contributed by atoms with Crippen molar-refractivity contribution >= 4 is 32.7 Å². The highest BCUT2D eigenvalue weighted by Gasteiger charge is 2.21. The highest BCUT2D eigenvalue weighted by atomic mass is 127. The molecule has 2 aromatic carbocycles. The second-order valence-corrected chi connectivity index (χ2v) is 6.96. The van der Waals surface area contributed by atoms with E-state index in [2.05, 4.69) is 22.6 Å². The lowest BCUT2D eigenvalue weighted by Gasteiger charge is -2.14. The molecule has 0 bridgehead atoms. The molecule has 0 aliphatic heterocycles. The van der Waals surface area contributed by atoms with Crippen LogP contribution in [0.5, 0.6) is 0 Å². The van der Waals surface area contributed by atoms with Gasteiger partial charge in [-0.2, -0.15) is 8.42 Å². The Hall–Kier alpha value is -1.03. The summed E-state index contributed by atoms with van der Waals surface area (Å²) in [6.45, 7) is 0.628. The molecule has 0 saturated heterocycles. The van der Waals surface area contributed by atoms with Crippen LogP contribution in [0.4, 0.5) is 4.39 Å². The number of hydrogen-bond donors (Lipinski definition) is 1. The number of alkyl halides is 1. The van der Waals surface area contributed by atoms with E-state index in [9.17, 15) is 17.4 Å². The van der Waals surface area contributed by atoms with Crippen LogP contribution >= 0.6 is 22.6 Å². The SMILES string of the molecule is O=S(=O)(O)c1cccc(COCCI)c1-c1ccccc1F. The van der Waals surface area contributed by atoms with Gasteiger partial charge in [0.1, 0.15) is 10.7 Å². The molecule has 0 aliphatic carbocycles. The molecular formula is C15H14FIO4S. The van der Waals surface area contributed by atoms with E-state index < -0.39 is 15.9 Å². The maximum Gasteiger partial charge on any atom is 0.295 e. The first kappa shape index (κ1) is 17.3. The third kappa shape index (κ3) is 4.03. The lowest BCUT2D eigenvalue weighted by atomic mass is 9.99. The van der Waals surface area contributed by atoms with E-state index in [1.807, 2.05) is 0 Å². The minimum absolute atomic E-state index is 0.115. The largest absolute Gasteiger partial charge is 0.376 e. The van der Waals surface area contributed by atoms with Crippen molar-refractivity contribution in [3.05, 3.63) is 53.8 Å². The first-order valence-corrected chi connectivity index (χ1v) is 9.39. The van der Waals surface area contributed by atoms with Gasteiger partial charge in [-0.05, 0) is 17.7 Å². The minimum atomic E-state index is -4.48. The smallest absolute Gasteiger partial charge is 0.295 e. The molecule has 0 spiro atoms. The number of hydrogen-bond acceptors (Lipinski definition) is 3. The number of benzene rings is 2. The Balaban J connectivity index is 2.63. The van der Waals surface area contributed by atoms with Crippen LogP contribution < -0.4 is 0 Å². The Morgan fingerprint density at radius 1 is 1.14 bits per heavy atom. The van der Waals surface area contributed by atoms with Crippen molar-refractivity contribution in [1.82, 2.24) is 0 Å². The monoisotopic (exact) mass is 436 g/mol. The van der Waals surface area contributed by atoms with Crippen molar-refractivity contribution in [1.29, 1.82) is 0 Å². The number of rotatable bonds is 6. The van der Waals surface area contributed by atoms with E-state index in [0.717, 1.165) is 4.43 Å². The van der Waals surface area contributed by atoms with Crippen LogP contribution in [0.2, 0.25) is 0 Å². The average Bonchev–Trinajstić information content (AvgIpc) is 2.47. The fourth-order valence-corrected chi connectivity index (χ4v) is 3.18. The summed E-state index contributed by atoms with van der Waals surface area (Å²) < 4.78 is 53.0. The first-order chi connectivity index (χ1) is 10.4. The summed E-state index contributed by atoms with van der Waals surface area (Å²) in [4.78, 5) is -0.326. The molecular weight excluding hydrogens is 422 g/mol. The van der Waals surface area contributed by atoms with Gasteiger partial charge in [0.2, 0.25) is 0 Å². The predicted octanol–water partition coefficient (Wildman–Crippen LogP) is 3.69. The molecule has 22 heavy (non-hydrogen) atoms. The predicted molar refractivity (Wildman–Crippen MR) is 90.2 cm³/mol. The molecule has 0 fully saturated rings. The van der Waals surface area contributed by atoms with Gasteiger partial charge in [-0.3, -0.25) is 4.55 Å². The first-order valence-electron chi connectivity index (χ1n) is 6.43. The van der Waals surface area contributed by atoms with Crippen molar-refractivity contribution in [2.24, 2.45) is 0 Å². The zero-order valence-electron chi connectivity index (χ0n) is 11.5. The topological polar surface area (TPSA) is 63.6 Å². The van der Waals surface area contributed by atoms with Crippen molar-refractivity contribution < 1.29 is 22.1 Å². The van der Waals surface area contributed by atoms with Crippen LogP contribution in [-0.2, 0) is 21.5 Å². The molecule has 0 heterocycles. The quantitative estimate of drug-likeness (QED) is 0.325. The number of halogens is 2. The summed E-state index contributed by atoms with van der Waals surface area (Å²) in [5.41, 5.74) is 0.755. The summed E-state index contributed by atoms with van der Waals surface area (Å²) in [6.07, 6.45) is 0. The van der Waals surface area contributed by atoms with Crippen LogP contribution in [0.3, 0.4) is 0 Å².